The summed E-state index contributed by atoms with van der Waals surface area (Å²) in [4.78, 5) is 4.81. The highest BCUT2D eigenvalue weighted by Crippen LogP contribution is 2.34. The van der Waals surface area contributed by atoms with Crippen molar-refractivity contribution in [1.29, 1.82) is 0 Å². The van der Waals surface area contributed by atoms with Crippen LogP contribution in [0.2, 0.25) is 0 Å². The SMILES string of the molecule is COc1cc2nc(-c3ccc4cn[nH]c4c3)cc(C)c2cc1OC. The summed E-state index contributed by atoms with van der Waals surface area (Å²) in [7, 11) is 3.27. The maximum absolute atomic E-state index is 5.40. The summed E-state index contributed by atoms with van der Waals surface area (Å²) in [5.41, 5.74) is 4.99. The highest BCUT2D eigenvalue weighted by Gasteiger charge is 2.11. The number of aryl methyl sites for hydroxylation is 1. The molecule has 0 bridgehead atoms. The van der Waals surface area contributed by atoms with Crippen LogP contribution in [0.15, 0.2) is 42.6 Å². The second-order valence-electron chi connectivity index (χ2n) is 5.72. The molecule has 5 heteroatoms. The van der Waals surface area contributed by atoms with Gasteiger partial charge < -0.3 is 9.47 Å². The zero-order valence-corrected chi connectivity index (χ0v) is 13.8. The van der Waals surface area contributed by atoms with Gasteiger partial charge in [-0.15, -0.1) is 0 Å². The van der Waals surface area contributed by atoms with Crippen molar-refractivity contribution in [1.82, 2.24) is 15.2 Å². The Kier molecular flexibility index (Phi) is 3.34. The summed E-state index contributed by atoms with van der Waals surface area (Å²) in [6, 6.07) is 12.1. The van der Waals surface area contributed by atoms with E-state index in [1.165, 1.54) is 0 Å². The molecule has 2 aromatic heterocycles. The topological polar surface area (TPSA) is 60.0 Å². The molecule has 4 rings (SSSR count). The lowest BCUT2D eigenvalue weighted by molar-refractivity contribution is 0.356. The maximum Gasteiger partial charge on any atom is 0.162 e. The van der Waals surface area contributed by atoms with Gasteiger partial charge in [0.05, 0.1) is 37.1 Å². The lowest BCUT2D eigenvalue weighted by Crippen LogP contribution is -1.94. The third-order valence-corrected chi connectivity index (χ3v) is 4.26. The molecule has 4 aromatic rings. The lowest BCUT2D eigenvalue weighted by atomic mass is 10.0. The number of pyridine rings is 1. The van der Waals surface area contributed by atoms with E-state index in [1.54, 1.807) is 14.2 Å². The van der Waals surface area contributed by atoms with E-state index in [1.807, 2.05) is 24.4 Å². The number of fused-ring (bicyclic) bond motifs is 2. The summed E-state index contributed by atoms with van der Waals surface area (Å²) >= 11 is 0. The fourth-order valence-corrected chi connectivity index (χ4v) is 2.97. The molecule has 0 radical (unpaired) electrons. The number of hydrogen-bond donors (Lipinski definition) is 1. The predicted molar refractivity (Wildman–Crippen MR) is 94.7 cm³/mol. The van der Waals surface area contributed by atoms with Crippen molar-refractivity contribution < 1.29 is 9.47 Å². The van der Waals surface area contributed by atoms with Crippen molar-refractivity contribution in [3.05, 3.63) is 48.2 Å². The second kappa shape index (κ2) is 5.53. The number of aromatic amines is 1. The van der Waals surface area contributed by atoms with Gasteiger partial charge in [0, 0.05) is 22.4 Å². The number of hydrogen-bond acceptors (Lipinski definition) is 4. The average Bonchev–Trinajstić information content (AvgIpc) is 3.08. The van der Waals surface area contributed by atoms with E-state index in [-0.39, 0.29) is 0 Å². The minimum atomic E-state index is 0.679. The number of methoxy groups -OCH3 is 2. The Balaban J connectivity index is 1.92. The van der Waals surface area contributed by atoms with Gasteiger partial charge in [0.1, 0.15) is 0 Å². The molecule has 2 aromatic carbocycles. The van der Waals surface area contributed by atoms with Crippen LogP contribution in [0, 0.1) is 6.92 Å². The van der Waals surface area contributed by atoms with Crippen LogP contribution in [0.25, 0.3) is 33.1 Å². The molecule has 0 saturated carbocycles. The molecule has 0 atom stereocenters. The van der Waals surface area contributed by atoms with Crippen molar-refractivity contribution in [2.24, 2.45) is 0 Å². The molecule has 0 amide bonds. The Hall–Kier alpha value is -3.08. The summed E-state index contributed by atoms with van der Waals surface area (Å²) < 4.78 is 10.8. The van der Waals surface area contributed by atoms with Crippen LogP contribution in [-0.4, -0.2) is 29.4 Å². The molecule has 0 spiro atoms. The van der Waals surface area contributed by atoms with Crippen LogP contribution in [0.4, 0.5) is 0 Å². The molecular weight excluding hydrogens is 302 g/mol. The number of H-pyrrole nitrogens is 1. The molecule has 0 aliphatic rings. The van der Waals surface area contributed by atoms with Crippen LogP contribution in [0.5, 0.6) is 11.5 Å². The van der Waals surface area contributed by atoms with E-state index >= 15 is 0 Å². The summed E-state index contributed by atoms with van der Waals surface area (Å²) in [5.74, 6) is 1.39. The van der Waals surface area contributed by atoms with Gasteiger partial charge in [-0.25, -0.2) is 4.98 Å². The zero-order chi connectivity index (χ0) is 16.7. The minimum Gasteiger partial charge on any atom is -0.493 e. The Labute approximate surface area is 139 Å². The molecule has 0 fully saturated rings. The van der Waals surface area contributed by atoms with Crippen molar-refractivity contribution in [3.63, 3.8) is 0 Å². The number of benzene rings is 2. The fraction of sp³-hybridized carbons (Fsp3) is 0.158. The van der Waals surface area contributed by atoms with Crippen LogP contribution >= 0.6 is 0 Å². The quantitative estimate of drug-likeness (QED) is 0.617. The van der Waals surface area contributed by atoms with E-state index in [0.29, 0.717) is 11.5 Å². The molecule has 24 heavy (non-hydrogen) atoms. The van der Waals surface area contributed by atoms with E-state index in [4.69, 9.17) is 14.5 Å². The Morgan fingerprint density at radius 3 is 2.54 bits per heavy atom. The molecule has 0 aliphatic carbocycles. The first kappa shape index (κ1) is 14.5. The zero-order valence-electron chi connectivity index (χ0n) is 13.8. The Morgan fingerprint density at radius 2 is 1.75 bits per heavy atom. The largest absolute Gasteiger partial charge is 0.493 e. The second-order valence-corrected chi connectivity index (χ2v) is 5.72. The molecule has 5 nitrogen and oxygen atoms in total. The van der Waals surface area contributed by atoms with Gasteiger partial charge in [-0.3, -0.25) is 5.10 Å². The molecule has 120 valence electrons. The first-order chi connectivity index (χ1) is 11.7. The van der Waals surface area contributed by atoms with E-state index in [9.17, 15) is 0 Å². The van der Waals surface area contributed by atoms with Gasteiger partial charge in [0.25, 0.3) is 0 Å². The van der Waals surface area contributed by atoms with Crippen LogP contribution in [0.1, 0.15) is 5.56 Å². The normalized spacial score (nSPS) is 11.1. The molecule has 0 aliphatic heterocycles. The fourth-order valence-electron chi connectivity index (χ4n) is 2.97. The standard InChI is InChI=1S/C19H17N3O2/c1-11-6-15(12-4-5-13-10-20-22-16(13)7-12)21-17-9-19(24-3)18(23-2)8-14(11)17/h4-10H,1-3H3,(H,20,22). The third kappa shape index (κ3) is 2.25. The third-order valence-electron chi connectivity index (χ3n) is 4.26. The number of nitrogens with one attached hydrogen (secondary N) is 1. The van der Waals surface area contributed by atoms with Crippen molar-refractivity contribution in [2.75, 3.05) is 14.2 Å². The smallest absolute Gasteiger partial charge is 0.162 e. The van der Waals surface area contributed by atoms with Crippen LogP contribution < -0.4 is 9.47 Å². The van der Waals surface area contributed by atoms with Crippen molar-refractivity contribution >= 4 is 21.8 Å². The molecule has 0 unspecified atom stereocenters. The first-order valence-corrected chi connectivity index (χ1v) is 7.66. The minimum absolute atomic E-state index is 0.679. The van der Waals surface area contributed by atoms with E-state index in [0.717, 1.165) is 38.6 Å². The average molecular weight is 319 g/mol. The molecule has 2 heterocycles. The highest BCUT2D eigenvalue weighted by atomic mass is 16.5. The van der Waals surface area contributed by atoms with Crippen LogP contribution in [0.3, 0.4) is 0 Å². The molecule has 0 saturated heterocycles. The van der Waals surface area contributed by atoms with Gasteiger partial charge in [-0.05, 0) is 30.7 Å². The Morgan fingerprint density at radius 1 is 0.958 bits per heavy atom. The first-order valence-electron chi connectivity index (χ1n) is 7.66. The number of ether oxygens (including phenoxy) is 2. The van der Waals surface area contributed by atoms with Crippen molar-refractivity contribution in [3.8, 4) is 22.8 Å². The van der Waals surface area contributed by atoms with E-state index < -0.39 is 0 Å². The van der Waals surface area contributed by atoms with Crippen molar-refractivity contribution in [2.45, 2.75) is 6.92 Å². The van der Waals surface area contributed by atoms with Crippen LogP contribution in [-0.2, 0) is 0 Å². The van der Waals surface area contributed by atoms with E-state index in [2.05, 4.69) is 35.3 Å². The van der Waals surface area contributed by atoms with Gasteiger partial charge in [0.15, 0.2) is 11.5 Å². The number of aromatic nitrogens is 3. The molecular formula is C19H17N3O2. The summed E-state index contributed by atoms with van der Waals surface area (Å²) in [5, 5.41) is 9.21. The Bertz CT molecular complexity index is 1050. The van der Waals surface area contributed by atoms with Gasteiger partial charge in [-0.1, -0.05) is 12.1 Å². The number of rotatable bonds is 3. The van der Waals surface area contributed by atoms with Gasteiger partial charge in [0.2, 0.25) is 0 Å². The molecule has 1 N–H and O–H groups in total. The lowest BCUT2D eigenvalue weighted by Gasteiger charge is -2.12. The number of nitrogens with zero attached hydrogens (tertiary/aromatic N) is 2. The predicted octanol–water partition coefficient (Wildman–Crippen LogP) is 4.10. The highest BCUT2D eigenvalue weighted by molar-refractivity contribution is 5.89. The van der Waals surface area contributed by atoms with Gasteiger partial charge >= 0.3 is 0 Å². The summed E-state index contributed by atoms with van der Waals surface area (Å²) in [6.45, 7) is 2.08. The van der Waals surface area contributed by atoms with Gasteiger partial charge in [-0.2, -0.15) is 5.10 Å². The maximum atomic E-state index is 5.40. The monoisotopic (exact) mass is 319 g/mol. The summed E-state index contributed by atoms with van der Waals surface area (Å²) in [6.07, 6.45) is 1.81.